The Hall–Kier alpha value is -1.65. The first-order valence-electron chi connectivity index (χ1n) is 8.54. The van der Waals surface area contributed by atoms with E-state index >= 15 is 0 Å². The van der Waals surface area contributed by atoms with Crippen molar-refractivity contribution in [1.29, 1.82) is 0 Å². The van der Waals surface area contributed by atoms with Gasteiger partial charge < -0.3 is 9.64 Å². The Morgan fingerprint density at radius 3 is 2.08 bits per heavy atom. The standard InChI is InChI=1S/C17H21F2NO2.C2H6/c1-15(2,3)22-14(21)20-10-16(11-20)8-17(19,9-16)12-4-6-13(18)7-5-12;1-2/h4-7H,8-11H2,1-3H3;1-2H3. The van der Waals surface area contributed by atoms with Gasteiger partial charge in [-0.25, -0.2) is 13.6 Å². The zero-order valence-electron chi connectivity index (χ0n) is 15.2. The third kappa shape index (κ3) is 3.70. The van der Waals surface area contributed by atoms with Crippen LogP contribution in [0, 0.1) is 11.2 Å². The molecule has 2 aliphatic rings. The van der Waals surface area contributed by atoms with E-state index in [4.69, 9.17) is 4.74 Å². The predicted molar refractivity (Wildman–Crippen MR) is 90.0 cm³/mol. The molecule has 1 saturated heterocycles. The lowest BCUT2D eigenvalue weighted by Crippen LogP contribution is -2.67. The van der Waals surface area contributed by atoms with Crippen LogP contribution in [0.2, 0.25) is 0 Å². The second-order valence-electron chi connectivity index (χ2n) is 7.66. The molecule has 1 aliphatic heterocycles. The van der Waals surface area contributed by atoms with Gasteiger partial charge in [-0.1, -0.05) is 26.0 Å². The molecular weight excluding hydrogens is 312 g/mol. The van der Waals surface area contributed by atoms with Gasteiger partial charge in [-0.15, -0.1) is 0 Å². The molecule has 0 bridgehead atoms. The number of likely N-dealkylation sites (tertiary alicyclic amines) is 1. The number of amides is 1. The van der Waals surface area contributed by atoms with E-state index in [1.54, 1.807) is 4.90 Å². The number of hydrogen-bond acceptors (Lipinski definition) is 2. The van der Waals surface area contributed by atoms with Crippen LogP contribution in [0.4, 0.5) is 13.6 Å². The summed E-state index contributed by atoms with van der Waals surface area (Å²) in [4.78, 5) is 13.5. The van der Waals surface area contributed by atoms with Crippen LogP contribution < -0.4 is 0 Å². The van der Waals surface area contributed by atoms with E-state index in [1.165, 1.54) is 24.3 Å². The molecule has 1 saturated carbocycles. The van der Waals surface area contributed by atoms with E-state index in [1.807, 2.05) is 34.6 Å². The largest absolute Gasteiger partial charge is 0.444 e. The van der Waals surface area contributed by atoms with Gasteiger partial charge in [0.1, 0.15) is 17.1 Å². The van der Waals surface area contributed by atoms with E-state index in [0.717, 1.165) is 0 Å². The van der Waals surface area contributed by atoms with E-state index < -0.39 is 11.3 Å². The fraction of sp³-hybridized carbons (Fsp3) is 0.632. The monoisotopic (exact) mass is 339 g/mol. The van der Waals surface area contributed by atoms with Crippen molar-refractivity contribution in [3.8, 4) is 0 Å². The van der Waals surface area contributed by atoms with Gasteiger partial charge in [-0.05, 0) is 51.3 Å². The minimum Gasteiger partial charge on any atom is -0.444 e. The summed E-state index contributed by atoms with van der Waals surface area (Å²) >= 11 is 0. The topological polar surface area (TPSA) is 29.5 Å². The number of benzene rings is 1. The minimum absolute atomic E-state index is 0.139. The van der Waals surface area contributed by atoms with Crippen molar-refractivity contribution in [3.05, 3.63) is 35.6 Å². The van der Waals surface area contributed by atoms with Gasteiger partial charge in [-0.2, -0.15) is 0 Å². The van der Waals surface area contributed by atoms with Gasteiger partial charge in [-0.3, -0.25) is 0 Å². The molecule has 0 atom stereocenters. The lowest BCUT2D eigenvalue weighted by Gasteiger charge is -2.61. The minimum atomic E-state index is -1.40. The average molecular weight is 339 g/mol. The molecule has 2 fully saturated rings. The third-order valence-electron chi connectivity index (χ3n) is 4.38. The Bertz CT molecular complexity index is 578. The number of carbonyl (C=O) groups excluding carboxylic acids is 1. The SMILES string of the molecule is CC.CC(C)(C)OC(=O)N1CC2(C1)CC(F)(c1ccc(F)cc1)C2. The first kappa shape index (κ1) is 18.7. The lowest BCUT2D eigenvalue weighted by molar-refractivity contribution is -0.153. The second kappa shape index (κ2) is 6.34. The van der Waals surface area contributed by atoms with E-state index in [0.29, 0.717) is 31.5 Å². The van der Waals surface area contributed by atoms with Crippen LogP contribution in [0.5, 0.6) is 0 Å². The molecule has 3 nitrogen and oxygen atoms in total. The summed E-state index contributed by atoms with van der Waals surface area (Å²) < 4.78 is 33.1. The Labute approximate surface area is 143 Å². The predicted octanol–water partition coefficient (Wildman–Crippen LogP) is 5.05. The molecule has 1 aromatic rings. The third-order valence-corrected chi connectivity index (χ3v) is 4.38. The van der Waals surface area contributed by atoms with Crippen molar-refractivity contribution in [2.45, 2.75) is 58.7 Å². The first-order chi connectivity index (χ1) is 11.1. The summed E-state index contributed by atoms with van der Waals surface area (Å²) in [5.41, 5.74) is -1.53. The fourth-order valence-electron chi connectivity index (χ4n) is 3.53. The number of nitrogens with zero attached hydrogens (tertiary/aromatic N) is 1. The normalized spacial score (nSPS) is 20.4. The summed E-state index contributed by atoms with van der Waals surface area (Å²) in [6.07, 6.45) is 0.423. The second-order valence-corrected chi connectivity index (χ2v) is 7.66. The molecule has 1 amide bonds. The summed E-state index contributed by atoms with van der Waals surface area (Å²) in [6, 6.07) is 5.59. The van der Waals surface area contributed by atoms with Crippen LogP contribution in [-0.2, 0) is 10.4 Å². The number of halogens is 2. The van der Waals surface area contributed by atoms with Crippen molar-refractivity contribution >= 4 is 6.09 Å². The van der Waals surface area contributed by atoms with Crippen LogP contribution in [-0.4, -0.2) is 29.7 Å². The maximum atomic E-state index is 14.8. The summed E-state index contributed by atoms with van der Waals surface area (Å²) in [5.74, 6) is -0.360. The number of ether oxygens (including phenoxy) is 1. The highest BCUT2D eigenvalue weighted by molar-refractivity contribution is 5.69. The maximum absolute atomic E-state index is 14.8. The van der Waals surface area contributed by atoms with E-state index in [-0.39, 0.29) is 17.3 Å². The maximum Gasteiger partial charge on any atom is 0.410 e. The van der Waals surface area contributed by atoms with Crippen molar-refractivity contribution in [3.63, 3.8) is 0 Å². The van der Waals surface area contributed by atoms with Crippen LogP contribution in [0.15, 0.2) is 24.3 Å². The quantitative estimate of drug-likeness (QED) is 0.717. The Balaban J connectivity index is 0.00000100. The summed E-state index contributed by atoms with van der Waals surface area (Å²) in [5, 5.41) is 0. The van der Waals surface area contributed by atoms with Gasteiger partial charge in [0.2, 0.25) is 0 Å². The highest BCUT2D eigenvalue weighted by atomic mass is 19.1. The number of carbonyl (C=O) groups is 1. The highest BCUT2D eigenvalue weighted by Crippen LogP contribution is 2.60. The summed E-state index contributed by atoms with van der Waals surface area (Å²) in [6.45, 7) is 10.5. The Morgan fingerprint density at radius 1 is 1.12 bits per heavy atom. The molecule has 3 rings (SSSR count). The molecule has 1 heterocycles. The fourth-order valence-corrected chi connectivity index (χ4v) is 3.53. The molecular formula is C19H27F2NO2. The van der Waals surface area contributed by atoms with E-state index in [2.05, 4.69) is 0 Å². The van der Waals surface area contributed by atoms with Gasteiger partial charge in [0.25, 0.3) is 0 Å². The Morgan fingerprint density at radius 2 is 1.62 bits per heavy atom. The first-order valence-corrected chi connectivity index (χ1v) is 8.54. The molecule has 24 heavy (non-hydrogen) atoms. The van der Waals surface area contributed by atoms with Crippen molar-refractivity contribution in [1.82, 2.24) is 4.90 Å². The molecule has 0 N–H and O–H groups in total. The van der Waals surface area contributed by atoms with Crippen molar-refractivity contribution in [2.75, 3.05) is 13.1 Å². The van der Waals surface area contributed by atoms with Gasteiger partial charge in [0, 0.05) is 18.5 Å². The lowest BCUT2D eigenvalue weighted by atomic mass is 9.54. The van der Waals surface area contributed by atoms with Crippen molar-refractivity contribution in [2.24, 2.45) is 5.41 Å². The zero-order valence-corrected chi connectivity index (χ0v) is 15.2. The van der Waals surface area contributed by atoms with Gasteiger partial charge in [0.15, 0.2) is 0 Å². The summed E-state index contributed by atoms with van der Waals surface area (Å²) in [7, 11) is 0. The zero-order chi connectivity index (χ0) is 18.2. The molecule has 0 unspecified atom stereocenters. The van der Waals surface area contributed by atoms with Crippen LogP contribution in [0.25, 0.3) is 0 Å². The smallest absolute Gasteiger partial charge is 0.410 e. The molecule has 0 radical (unpaired) electrons. The Kier molecular flexibility index (Phi) is 4.93. The molecule has 134 valence electrons. The number of alkyl halides is 1. The average Bonchev–Trinajstić information content (AvgIpc) is 2.42. The molecule has 1 aliphatic carbocycles. The van der Waals surface area contributed by atoms with Crippen LogP contribution in [0.1, 0.15) is 53.0 Å². The van der Waals surface area contributed by atoms with Crippen LogP contribution >= 0.6 is 0 Å². The molecule has 5 heteroatoms. The molecule has 1 aromatic carbocycles. The van der Waals surface area contributed by atoms with E-state index in [9.17, 15) is 13.6 Å². The van der Waals surface area contributed by atoms with Gasteiger partial charge in [0.05, 0.1) is 0 Å². The highest BCUT2D eigenvalue weighted by Gasteiger charge is 2.62. The van der Waals surface area contributed by atoms with Crippen LogP contribution in [0.3, 0.4) is 0 Å². The number of rotatable bonds is 1. The van der Waals surface area contributed by atoms with Gasteiger partial charge >= 0.3 is 6.09 Å². The molecule has 0 aromatic heterocycles. The molecule has 1 spiro atoms. The van der Waals surface area contributed by atoms with Crippen molar-refractivity contribution < 1.29 is 18.3 Å². The number of hydrogen-bond donors (Lipinski definition) is 0.